The summed E-state index contributed by atoms with van der Waals surface area (Å²) in [5, 5.41) is 2.50. The quantitative estimate of drug-likeness (QED) is 0.240. The zero-order valence-corrected chi connectivity index (χ0v) is 19.8. The zero-order valence-electron chi connectivity index (χ0n) is 18.9. The van der Waals surface area contributed by atoms with Crippen molar-refractivity contribution >= 4 is 22.8 Å². The van der Waals surface area contributed by atoms with E-state index in [0.717, 1.165) is 60.9 Å². The first-order valence-corrected chi connectivity index (χ1v) is 12.2. The SMILES string of the molecule is C#CCN=C1NC(=O)SC1=CC1CCCC(CCCc2ccc(C(F)(F)F)cc2C(F)(F)F)CC1. The van der Waals surface area contributed by atoms with Crippen LogP contribution in [-0.4, -0.2) is 17.6 Å². The van der Waals surface area contributed by atoms with Gasteiger partial charge < -0.3 is 5.32 Å². The van der Waals surface area contributed by atoms with Crippen molar-refractivity contribution in [2.24, 2.45) is 16.8 Å². The third-order valence-electron chi connectivity index (χ3n) is 6.31. The van der Waals surface area contributed by atoms with Crippen LogP contribution in [0.15, 0.2) is 34.2 Å². The van der Waals surface area contributed by atoms with E-state index < -0.39 is 23.5 Å². The van der Waals surface area contributed by atoms with Crippen LogP contribution in [0.5, 0.6) is 0 Å². The number of aryl methyl sites for hydroxylation is 1. The Kier molecular flexibility index (Phi) is 8.97. The molecule has 1 N–H and O–H groups in total. The molecular weight excluding hydrogens is 490 g/mol. The molecule has 0 aromatic heterocycles. The highest BCUT2D eigenvalue weighted by molar-refractivity contribution is 8.18. The van der Waals surface area contributed by atoms with E-state index in [1.54, 1.807) is 0 Å². The number of rotatable bonds is 6. The van der Waals surface area contributed by atoms with Crippen LogP contribution in [0.4, 0.5) is 31.1 Å². The molecule has 1 aromatic rings. The van der Waals surface area contributed by atoms with E-state index in [4.69, 9.17) is 6.42 Å². The van der Waals surface area contributed by atoms with Gasteiger partial charge in [-0.25, -0.2) is 0 Å². The van der Waals surface area contributed by atoms with E-state index in [1.807, 2.05) is 0 Å². The molecule has 1 amide bonds. The van der Waals surface area contributed by atoms with Crippen molar-refractivity contribution in [1.82, 2.24) is 5.32 Å². The van der Waals surface area contributed by atoms with Crippen molar-refractivity contribution in [3.8, 4) is 12.3 Å². The first-order valence-electron chi connectivity index (χ1n) is 11.4. The Labute approximate surface area is 204 Å². The lowest BCUT2D eigenvalue weighted by Crippen LogP contribution is -2.19. The molecule has 0 spiro atoms. The van der Waals surface area contributed by atoms with Gasteiger partial charge >= 0.3 is 12.4 Å². The van der Waals surface area contributed by atoms with E-state index in [2.05, 4.69) is 22.3 Å². The number of carbonyl (C=O) groups is 1. The molecule has 3 nitrogen and oxygen atoms in total. The Hall–Kier alpha value is -2.41. The van der Waals surface area contributed by atoms with E-state index in [0.29, 0.717) is 24.6 Å². The third-order valence-corrected chi connectivity index (χ3v) is 7.14. The molecule has 0 bridgehead atoms. The number of nitrogens with one attached hydrogen (secondary N) is 1. The first kappa shape index (κ1) is 27.2. The van der Waals surface area contributed by atoms with E-state index in [1.165, 1.54) is 0 Å². The topological polar surface area (TPSA) is 41.5 Å². The summed E-state index contributed by atoms with van der Waals surface area (Å²) in [5.41, 5.74) is -2.60. The number of halogens is 6. The summed E-state index contributed by atoms with van der Waals surface area (Å²) < 4.78 is 78.7. The van der Waals surface area contributed by atoms with Gasteiger partial charge in [0.15, 0.2) is 0 Å². The molecule has 10 heteroatoms. The minimum absolute atomic E-state index is 0.0797. The predicted octanol–water partition coefficient (Wildman–Crippen LogP) is 7.62. The maximum absolute atomic E-state index is 13.4. The molecule has 1 aliphatic heterocycles. The highest BCUT2D eigenvalue weighted by atomic mass is 32.2. The Morgan fingerprint density at radius 1 is 1.11 bits per heavy atom. The second-order valence-electron chi connectivity index (χ2n) is 8.81. The first-order chi connectivity index (χ1) is 16.5. The lowest BCUT2D eigenvalue weighted by Gasteiger charge is -2.17. The lowest BCUT2D eigenvalue weighted by atomic mass is 9.91. The molecule has 3 rings (SSSR count). The van der Waals surface area contributed by atoms with Crippen LogP contribution in [0.25, 0.3) is 0 Å². The van der Waals surface area contributed by atoms with Crippen LogP contribution in [0.3, 0.4) is 0 Å². The highest BCUT2D eigenvalue weighted by Crippen LogP contribution is 2.39. The highest BCUT2D eigenvalue weighted by Gasteiger charge is 2.38. The summed E-state index contributed by atoms with van der Waals surface area (Å²) in [6.45, 7) is 0.176. The van der Waals surface area contributed by atoms with E-state index in [-0.39, 0.29) is 35.8 Å². The lowest BCUT2D eigenvalue weighted by molar-refractivity contribution is -0.143. The summed E-state index contributed by atoms with van der Waals surface area (Å²) in [5.74, 6) is 3.51. The van der Waals surface area contributed by atoms with Crippen LogP contribution in [0.1, 0.15) is 61.6 Å². The summed E-state index contributed by atoms with van der Waals surface area (Å²) >= 11 is 1.09. The van der Waals surface area contributed by atoms with Gasteiger partial charge in [-0.05, 0) is 73.4 Å². The number of terminal acetylenes is 1. The van der Waals surface area contributed by atoms with Crippen molar-refractivity contribution in [3.63, 3.8) is 0 Å². The maximum Gasteiger partial charge on any atom is 0.416 e. The number of amidine groups is 1. The Morgan fingerprint density at radius 3 is 2.57 bits per heavy atom. The molecule has 2 fully saturated rings. The van der Waals surface area contributed by atoms with Gasteiger partial charge in [-0.15, -0.1) is 6.42 Å². The fraction of sp³-hybridized carbons (Fsp3) is 0.520. The molecule has 1 saturated heterocycles. The van der Waals surface area contributed by atoms with Crippen molar-refractivity contribution in [2.45, 2.75) is 63.7 Å². The van der Waals surface area contributed by atoms with Crippen LogP contribution in [0, 0.1) is 24.2 Å². The molecule has 0 radical (unpaired) electrons. The van der Waals surface area contributed by atoms with Gasteiger partial charge in [0, 0.05) is 0 Å². The van der Waals surface area contributed by atoms with Crippen LogP contribution in [-0.2, 0) is 18.8 Å². The van der Waals surface area contributed by atoms with Gasteiger partial charge in [0.2, 0.25) is 0 Å². The third kappa shape index (κ3) is 7.79. The van der Waals surface area contributed by atoms with Crippen LogP contribution < -0.4 is 5.32 Å². The van der Waals surface area contributed by atoms with Gasteiger partial charge in [-0.1, -0.05) is 37.3 Å². The average molecular weight is 517 g/mol. The summed E-state index contributed by atoms with van der Waals surface area (Å²) in [6, 6.07) is 1.88. The zero-order chi connectivity index (χ0) is 25.6. The Bertz CT molecular complexity index is 1020. The average Bonchev–Trinajstić information content (AvgIpc) is 2.96. The fourth-order valence-corrected chi connectivity index (χ4v) is 5.40. The number of hydrogen-bond acceptors (Lipinski definition) is 3. The molecular formula is C25H26F6N2OS. The van der Waals surface area contributed by atoms with Gasteiger partial charge in [-0.3, -0.25) is 9.79 Å². The summed E-state index contributed by atoms with van der Waals surface area (Å²) in [4.78, 5) is 16.7. The minimum Gasteiger partial charge on any atom is -0.300 e. The van der Waals surface area contributed by atoms with E-state index >= 15 is 0 Å². The molecule has 2 aliphatic rings. The number of carbonyl (C=O) groups excluding carboxylic acids is 1. The maximum atomic E-state index is 13.4. The molecule has 1 heterocycles. The molecule has 35 heavy (non-hydrogen) atoms. The molecule has 1 aliphatic carbocycles. The number of aliphatic imine (C=N–C) groups is 1. The normalized spacial score (nSPS) is 23.9. The molecule has 1 aromatic carbocycles. The number of amides is 1. The number of thioether (sulfide) groups is 1. The van der Waals surface area contributed by atoms with Gasteiger partial charge in [-0.2, -0.15) is 26.3 Å². The van der Waals surface area contributed by atoms with E-state index in [9.17, 15) is 31.1 Å². The number of hydrogen-bond donors (Lipinski definition) is 1. The van der Waals surface area contributed by atoms with Gasteiger partial charge in [0.05, 0.1) is 16.0 Å². The summed E-state index contributed by atoms with van der Waals surface area (Å²) in [7, 11) is 0. The standard InChI is InChI=1S/C25H26F6N2OS/c1-2-13-32-22-21(35-23(34)33-22)14-17-7-3-5-16(9-10-17)6-4-8-18-11-12-19(24(26,27)28)15-20(18)25(29,30)31/h1,11-12,14-17H,3-10,13H2,(H,32,33,34). The Morgan fingerprint density at radius 2 is 1.89 bits per heavy atom. The molecule has 1 saturated carbocycles. The fourth-order valence-electron chi connectivity index (χ4n) is 4.58. The Balaban J connectivity index is 1.57. The largest absolute Gasteiger partial charge is 0.416 e. The number of allylic oxidation sites excluding steroid dienone is 1. The second-order valence-corrected chi connectivity index (χ2v) is 9.82. The monoisotopic (exact) mass is 516 g/mol. The minimum atomic E-state index is -4.84. The predicted molar refractivity (Wildman–Crippen MR) is 125 cm³/mol. The van der Waals surface area contributed by atoms with Crippen molar-refractivity contribution < 1.29 is 31.1 Å². The van der Waals surface area contributed by atoms with Crippen molar-refractivity contribution in [1.29, 1.82) is 0 Å². The van der Waals surface area contributed by atoms with Crippen LogP contribution >= 0.6 is 11.8 Å². The van der Waals surface area contributed by atoms with Gasteiger partial charge in [0.25, 0.3) is 5.24 Å². The molecule has 190 valence electrons. The number of alkyl halides is 6. The second kappa shape index (κ2) is 11.5. The van der Waals surface area contributed by atoms with Crippen molar-refractivity contribution in [3.05, 3.63) is 45.9 Å². The smallest absolute Gasteiger partial charge is 0.300 e. The number of benzene rings is 1. The van der Waals surface area contributed by atoms with Crippen molar-refractivity contribution in [2.75, 3.05) is 6.54 Å². The van der Waals surface area contributed by atoms with Crippen LogP contribution in [0.2, 0.25) is 0 Å². The molecule has 2 atom stereocenters. The van der Waals surface area contributed by atoms with Gasteiger partial charge in [0.1, 0.15) is 12.4 Å². The number of nitrogens with zero attached hydrogens (tertiary/aromatic N) is 1. The molecule has 2 unspecified atom stereocenters. The summed E-state index contributed by atoms with van der Waals surface area (Å²) in [6.07, 6.45) is 3.53.